The van der Waals surface area contributed by atoms with E-state index in [0.29, 0.717) is 6.42 Å². The number of piperidine rings is 1. The molecule has 4 nitrogen and oxygen atoms in total. The van der Waals surface area contributed by atoms with Gasteiger partial charge >= 0.3 is 0 Å². The lowest BCUT2D eigenvalue weighted by molar-refractivity contribution is -0.115. The summed E-state index contributed by atoms with van der Waals surface area (Å²) in [6.45, 7) is 3.13. The van der Waals surface area contributed by atoms with E-state index in [9.17, 15) is 9.90 Å². The van der Waals surface area contributed by atoms with Crippen LogP contribution in [0.5, 0.6) is 0 Å². The van der Waals surface area contributed by atoms with Crippen molar-refractivity contribution in [1.82, 2.24) is 4.90 Å². The standard InChI is InChI=1S/C16H22N2O2/c19-14-5-8-18(9-6-14)7-1-2-12-3-4-15-13(10-12)11-16(20)17-15/h3-4,10,14,19H,1-2,5-9,11H2,(H,17,20). The van der Waals surface area contributed by atoms with Gasteiger partial charge in [0, 0.05) is 18.8 Å². The van der Waals surface area contributed by atoms with Crippen molar-refractivity contribution in [2.24, 2.45) is 0 Å². The number of aliphatic hydroxyl groups excluding tert-OH is 1. The number of hydrogen-bond acceptors (Lipinski definition) is 3. The molecule has 4 heteroatoms. The van der Waals surface area contributed by atoms with E-state index in [1.165, 1.54) is 5.56 Å². The van der Waals surface area contributed by atoms with Gasteiger partial charge in [0.05, 0.1) is 12.5 Å². The van der Waals surface area contributed by atoms with Crippen LogP contribution in [0, 0.1) is 0 Å². The second kappa shape index (κ2) is 5.94. The van der Waals surface area contributed by atoms with Crippen LogP contribution in [0.15, 0.2) is 18.2 Å². The van der Waals surface area contributed by atoms with Crippen molar-refractivity contribution in [2.75, 3.05) is 25.0 Å². The number of carbonyl (C=O) groups excluding carboxylic acids is 1. The van der Waals surface area contributed by atoms with E-state index in [0.717, 1.165) is 56.6 Å². The molecule has 3 rings (SSSR count). The van der Waals surface area contributed by atoms with Crippen LogP contribution in [0.1, 0.15) is 30.4 Å². The highest BCUT2D eigenvalue weighted by Gasteiger charge is 2.18. The van der Waals surface area contributed by atoms with Gasteiger partial charge in [0.15, 0.2) is 0 Å². The van der Waals surface area contributed by atoms with Gasteiger partial charge in [-0.1, -0.05) is 12.1 Å². The number of aliphatic hydroxyl groups is 1. The van der Waals surface area contributed by atoms with Gasteiger partial charge in [-0.2, -0.15) is 0 Å². The zero-order valence-electron chi connectivity index (χ0n) is 11.8. The van der Waals surface area contributed by atoms with E-state index in [2.05, 4.69) is 22.3 Å². The highest BCUT2D eigenvalue weighted by Crippen LogP contribution is 2.24. The smallest absolute Gasteiger partial charge is 0.228 e. The average molecular weight is 274 g/mol. The van der Waals surface area contributed by atoms with Crippen molar-refractivity contribution in [3.05, 3.63) is 29.3 Å². The maximum atomic E-state index is 11.3. The molecule has 108 valence electrons. The molecular formula is C16H22N2O2. The molecule has 1 saturated heterocycles. The average Bonchev–Trinajstić information content (AvgIpc) is 2.80. The van der Waals surface area contributed by atoms with Crippen molar-refractivity contribution in [2.45, 2.75) is 38.2 Å². The minimum Gasteiger partial charge on any atom is -0.393 e. The quantitative estimate of drug-likeness (QED) is 0.876. The van der Waals surface area contributed by atoms with Crippen molar-refractivity contribution in [3.63, 3.8) is 0 Å². The van der Waals surface area contributed by atoms with Crippen LogP contribution in [0.3, 0.4) is 0 Å². The van der Waals surface area contributed by atoms with Crippen LogP contribution in [-0.4, -0.2) is 41.7 Å². The predicted octanol–water partition coefficient (Wildman–Crippen LogP) is 1.57. The molecule has 2 heterocycles. The molecule has 2 N–H and O–H groups in total. The van der Waals surface area contributed by atoms with E-state index in [4.69, 9.17) is 0 Å². The van der Waals surface area contributed by atoms with Crippen LogP contribution >= 0.6 is 0 Å². The number of fused-ring (bicyclic) bond motifs is 1. The number of rotatable bonds is 4. The van der Waals surface area contributed by atoms with Crippen molar-refractivity contribution in [3.8, 4) is 0 Å². The maximum absolute atomic E-state index is 11.3. The molecule has 1 aromatic rings. The van der Waals surface area contributed by atoms with Crippen LogP contribution in [-0.2, 0) is 17.6 Å². The number of hydrogen-bond donors (Lipinski definition) is 2. The molecule has 1 aromatic carbocycles. The van der Waals surface area contributed by atoms with Gasteiger partial charge in [0.25, 0.3) is 0 Å². The van der Waals surface area contributed by atoms with E-state index in [-0.39, 0.29) is 12.0 Å². The summed E-state index contributed by atoms with van der Waals surface area (Å²) in [6, 6.07) is 6.30. The third kappa shape index (κ3) is 3.19. The van der Waals surface area contributed by atoms with Gasteiger partial charge in [0.2, 0.25) is 5.91 Å². The molecule has 1 amide bonds. The molecule has 2 aliphatic heterocycles. The lowest BCUT2D eigenvalue weighted by atomic mass is 10.0. The normalized spacial score (nSPS) is 19.9. The predicted molar refractivity (Wildman–Crippen MR) is 78.8 cm³/mol. The number of likely N-dealkylation sites (tertiary alicyclic amines) is 1. The Morgan fingerprint density at radius 2 is 2.10 bits per heavy atom. The second-order valence-corrected chi connectivity index (χ2v) is 5.89. The van der Waals surface area contributed by atoms with E-state index in [1.807, 2.05) is 6.07 Å². The number of anilines is 1. The first-order valence-electron chi connectivity index (χ1n) is 7.53. The SMILES string of the molecule is O=C1Cc2cc(CCCN3CCC(O)CC3)ccc2N1. The van der Waals surface area contributed by atoms with Gasteiger partial charge in [-0.3, -0.25) is 4.79 Å². The van der Waals surface area contributed by atoms with Gasteiger partial charge < -0.3 is 15.3 Å². The fourth-order valence-electron chi connectivity index (χ4n) is 3.09. The van der Waals surface area contributed by atoms with Gasteiger partial charge in [0.1, 0.15) is 0 Å². The molecule has 0 aromatic heterocycles. The molecule has 2 aliphatic rings. The molecule has 1 fully saturated rings. The Morgan fingerprint density at radius 3 is 2.90 bits per heavy atom. The molecule has 0 saturated carbocycles. The highest BCUT2D eigenvalue weighted by atomic mass is 16.3. The molecule has 20 heavy (non-hydrogen) atoms. The first kappa shape index (κ1) is 13.6. The number of nitrogens with zero attached hydrogens (tertiary/aromatic N) is 1. The van der Waals surface area contributed by atoms with Gasteiger partial charge in [-0.05, 0) is 49.4 Å². The minimum atomic E-state index is -0.0898. The summed E-state index contributed by atoms with van der Waals surface area (Å²) in [7, 11) is 0. The zero-order valence-corrected chi connectivity index (χ0v) is 11.8. The van der Waals surface area contributed by atoms with Crippen molar-refractivity contribution >= 4 is 11.6 Å². The third-order valence-electron chi connectivity index (χ3n) is 4.29. The Labute approximate surface area is 119 Å². The maximum Gasteiger partial charge on any atom is 0.228 e. The van der Waals surface area contributed by atoms with E-state index in [1.54, 1.807) is 0 Å². The number of amides is 1. The van der Waals surface area contributed by atoms with E-state index < -0.39 is 0 Å². The van der Waals surface area contributed by atoms with Crippen LogP contribution < -0.4 is 5.32 Å². The van der Waals surface area contributed by atoms with Crippen molar-refractivity contribution < 1.29 is 9.90 Å². The minimum absolute atomic E-state index is 0.0898. The summed E-state index contributed by atoms with van der Waals surface area (Å²) < 4.78 is 0. The Bertz CT molecular complexity index is 493. The van der Waals surface area contributed by atoms with Crippen LogP contribution in [0.25, 0.3) is 0 Å². The second-order valence-electron chi connectivity index (χ2n) is 5.89. The molecule has 0 atom stereocenters. The Morgan fingerprint density at radius 1 is 1.30 bits per heavy atom. The molecule has 0 aliphatic carbocycles. The summed E-state index contributed by atoms with van der Waals surface area (Å²) in [5, 5.41) is 12.3. The van der Waals surface area contributed by atoms with Crippen LogP contribution in [0.4, 0.5) is 5.69 Å². The molecule has 0 radical (unpaired) electrons. The summed E-state index contributed by atoms with van der Waals surface area (Å²) in [6.07, 6.45) is 4.44. The van der Waals surface area contributed by atoms with Crippen molar-refractivity contribution in [1.29, 1.82) is 0 Å². The molecular weight excluding hydrogens is 252 g/mol. The first-order chi connectivity index (χ1) is 9.70. The Hall–Kier alpha value is -1.39. The summed E-state index contributed by atoms with van der Waals surface area (Å²) in [5.74, 6) is 0.101. The topological polar surface area (TPSA) is 52.6 Å². The fraction of sp³-hybridized carbons (Fsp3) is 0.562. The van der Waals surface area contributed by atoms with E-state index >= 15 is 0 Å². The lowest BCUT2D eigenvalue weighted by Crippen LogP contribution is -2.36. The Balaban J connectivity index is 1.47. The third-order valence-corrected chi connectivity index (χ3v) is 4.29. The fourth-order valence-corrected chi connectivity index (χ4v) is 3.09. The highest BCUT2D eigenvalue weighted by molar-refractivity contribution is 5.99. The summed E-state index contributed by atoms with van der Waals surface area (Å²) in [5.41, 5.74) is 3.43. The largest absolute Gasteiger partial charge is 0.393 e. The molecule has 0 spiro atoms. The summed E-state index contributed by atoms with van der Waals surface area (Å²) >= 11 is 0. The zero-order chi connectivity index (χ0) is 13.9. The Kier molecular flexibility index (Phi) is 4.03. The summed E-state index contributed by atoms with van der Waals surface area (Å²) in [4.78, 5) is 13.8. The molecule has 0 bridgehead atoms. The number of nitrogens with one attached hydrogen (secondary N) is 1. The number of aryl methyl sites for hydroxylation is 1. The van der Waals surface area contributed by atoms with Crippen LogP contribution in [0.2, 0.25) is 0 Å². The number of benzene rings is 1. The first-order valence-corrected chi connectivity index (χ1v) is 7.53. The lowest BCUT2D eigenvalue weighted by Gasteiger charge is -2.29. The van der Waals surface area contributed by atoms with Gasteiger partial charge in [-0.15, -0.1) is 0 Å². The monoisotopic (exact) mass is 274 g/mol. The molecule has 0 unspecified atom stereocenters. The van der Waals surface area contributed by atoms with Gasteiger partial charge in [-0.25, -0.2) is 0 Å². The number of carbonyl (C=O) groups is 1.